The van der Waals surface area contributed by atoms with Gasteiger partial charge in [-0.25, -0.2) is 0 Å². The minimum absolute atomic E-state index is 0.101. The Balaban J connectivity index is 1.84. The fraction of sp³-hybridized carbons (Fsp3) is 0.0769. The molecule has 6 rings (SSSR count). The molecule has 1 aliphatic carbocycles. The summed E-state index contributed by atoms with van der Waals surface area (Å²) >= 11 is 0. The van der Waals surface area contributed by atoms with Crippen molar-refractivity contribution < 1.29 is 4.79 Å². The number of aryl methyl sites for hydroxylation is 1. The SMILES string of the molecule is CCn1nc(-c2ccccc2)c2cc3c4c(cccc4c21)C(=O)c1ccccc1-3. The second-order valence-corrected chi connectivity index (χ2v) is 7.45. The Labute approximate surface area is 168 Å². The average molecular weight is 374 g/mol. The van der Waals surface area contributed by atoms with Crippen LogP contribution in [0.15, 0.2) is 78.9 Å². The number of nitrogens with zero attached hydrogens (tertiary/aromatic N) is 2. The predicted octanol–water partition coefficient (Wildman–Crippen LogP) is 6.09. The Morgan fingerprint density at radius 1 is 0.759 bits per heavy atom. The van der Waals surface area contributed by atoms with Crippen LogP contribution in [0.2, 0.25) is 0 Å². The molecule has 1 aliphatic rings. The molecule has 0 fully saturated rings. The first-order valence-electron chi connectivity index (χ1n) is 9.93. The molecule has 0 saturated carbocycles. The van der Waals surface area contributed by atoms with Crippen molar-refractivity contribution in [1.82, 2.24) is 9.78 Å². The van der Waals surface area contributed by atoms with E-state index in [1.807, 2.05) is 48.5 Å². The van der Waals surface area contributed by atoms with Gasteiger partial charge >= 0.3 is 0 Å². The molecular formula is C26H18N2O. The molecule has 29 heavy (non-hydrogen) atoms. The van der Waals surface area contributed by atoms with Crippen LogP contribution >= 0.6 is 0 Å². The van der Waals surface area contributed by atoms with Crippen molar-refractivity contribution in [3.05, 3.63) is 90.0 Å². The topological polar surface area (TPSA) is 34.9 Å². The summed E-state index contributed by atoms with van der Waals surface area (Å²) in [6.07, 6.45) is 0. The zero-order valence-electron chi connectivity index (χ0n) is 16.0. The van der Waals surface area contributed by atoms with Crippen LogP contribution in [-0.4, -0.2) is 15.6 Å². The third-order valence-corrected chi connectivity index (χ3v) is 5.92. The summed E-state index contributed by atoms with van der Waals surface area (Å²) < 4.78 is 2.06. The molecule has 0 aliphatic heterocycles. The van der Waals surface area contributed by atoms with Crippen LogP contribution in [0.5, 0.6) is 0 Å². The van der Waals surface area contributed by atoms with Crippen LogP contribution in [-0.2, 0) is 6.54 Å². The Bertz CT molecular complexity index is 1440. The van der Waals surface area contributed by atoms with Gasteiger partial charge in [0.15, 0.2) is 5.78 Å². The van der Waals surface area contributed by atoms with E-state index in [2.05, 4.69) is 41.9 Å². The van der Waals surface area contributed by atoms with Gasteiger partial charge in [-0.05, 0) is 24.1 Å². The van der Waals surface area contributed by atoms with E-state index in [0.717, 1.165) is 61.7 Å². The van der Waals surface area contributed by atoms with Gasteiger partial charge in [0.05, 0.1) is 5.52 Å². The first-order chi connectivity index (χ1) is 14.3. The number of carbonyl (C=O) groups excluding carboxylic acids is 1. The van der Waals surface area contributed by atoms with Crippen molar-refractivity contribution in [2.45, 2.75) is 13.5 Å². The number of fused-ring (bicyclic) bond motifs is 4. The number of benzene rings is 4. The van der Waals surface area contributed by atoms with E-state index in [0.29, 0.717) is 0 Å². The fourth-order valence-corrected chi connectivity index (χ4v) is 4.65. The molecule has 0 atom stereocenters. The van der Waals surface area contributed by atoms with Gasteiger partial charge in [-0.15, -0.1) is 0 Å². The first kappa shape index (κ1) is 16.3. The maximum atomic E-state index is 13.2. The van der Waals surface area contributed by atoms with E-state index in [9.17, 15) is 4.79 Å². The summed E-state index contributed by atoms with van der Waals surface area (Å²) in [7, 11) is 0. The minimum Gasteiger partial charge on any atom is -0.289 e. The highest BCUT2D eigenvalue weighted by atomic mass is 16.1. The highest BCUT2D eigenvalue weighted by Crippen LogP contribution is 2.44. The normalized spacial score (nSPS) is 12.5. The van der Waals surface area contributed by atoms with Crippen molar-refractivity contribution in [3.63, 3.8) is 0 Å². The third-order valence-electron chi connectivity index (χ3n) is 5.92. The summed E-state index contributed by atoms with van der Waals surface area (Å²) in [5, 5.41) is 8.22. The maximum absolute atomic E-state index is 13.2. The monoisotopic (exact) mass is 374 g/mol. The highest BCUT2D eigenvalue weighted by Gasteiger charge is 2.27. The van der Waals surface area contributed by atoms with E-state index >= 15 is 0 Å². The molecule has 3 heteroatoms. The van der Waals surface area contributed by atoms with Gasteiger partial charge in [0.1, 0.15) is 5.69 Å². The van der Waals surface area contributed by atoms with Crippen LogP contribution in [0, 0.1) is 0 Å². The molecule has 0 unspecified atom stereocenters. The van der Waals surface area contributed by atoms with Crippen molar-refractivity contribution in [3.8, 4) is 22.4 Å². The largest absolute Gasteiger partial charge is 0.289 e. The second kappa shape index (κ2) is 5.89. The van der Waals surface area contributed by atoms with Crippen LogP contribution in [0.1, 0.15) is 22.8 Å². The van der Waals surface area contributed by atoms with Gasteiger partial charge in [0.2, 0.25) is 0 Å². The molecular weight excluding hydrogens is 356 g/mol. The number of carbonyl (C=O) groups is 1. The van der Waals surface area contributed by atoms with Gasteiger partial charge in [0, 0.05) is 39.4 Å². The van der Waals surface area contributed by atoms with Gasteiger partial charge in [-0.3, -0.25) is 9.48 Å². The van der Waals surface area contributed by atoms with Crippen LogP contribution < -0.4 is 0 Å². The second-order valence-electron chi connectivity index (χ2n) is 7.45. The lowest BCUT2D eigenvalue weighted by Gasteiger charge is -2.20. The zero-order valence-corrected chi connectivity index (χ0v) is 16.0. The zero-order chi connectivity index (χ0) is 19.5. The number of hydrogen-bond acceptors (Lipinski definition) is 2. The molecule has 3 nitrogen and oxygen atoms in total. The number of hydrogen-bond donors (Lipinski definition) is 0. The molecule has 0 amide bonds. The summed E-state index contributed by atoms with van der Waals surface area (Å²) in [6, 6.07) is 26.5. The standard InChI is InChI=1S/C26H18N2O/c1-2-28-25-19-13-8-14-20-23(19)21(17-11-6-7-12-18(17)26(20)29)15-22(25)24(27-28)16-9-4-3-5-10-16/h3-15H,2H2,1H3. The van der Waals surface area contributed by atoms with E-state index in [-0.39, 0.29) is 5.78 Å². The predicted molar refractivity (Wildman–Crippen MR) is 117 cm³/mol. The number of rotatable bonds is 2. The third kappa shape index (κ3) is 2.13. The minimum atomic E-state index is 0.101. The Hall–Kier alpha value is -3.72. The van der Waals surface area contributed by atoms with Gasteiger partial charge in [-0.1, -0.05) is 72.8 Å². The Morgan fingerprint density at radius 3 is 2.28 bits per heavy atom. The summed E-state index contributed by atoms with van der Waals surface area (Å²) in [5.74, 6) is 0.101. The quantitative estimate of drug-likeness (QED) is 0.368. The fourth-order valence-electron chi connectivity index (χ4n) is 4.65. The van der Waals surface area contributed by atoms with Crippen LogP contribution in [0.25, 0.3) is 44.1 Å². The molecule has 0 spiro atoms. The smallest absolute Gasteiger partial charge is 0.194 e. The summed E-state index contributed by atoms with van der Waals surface area (Å²) in [6.45, 7) is 2.88. The van der Waals surface area contributed by atoms with E-state index in [1.54, 1.807) is 0 Å². The van der Waals surface area contributed by atoms with Crippen molar-refractivity contribution in [2.24, 2.45) is 0 Å². The molecule has 0 saturated heterocycles. The molecule has 4 aromatic carbocycles. The number of aromatic nitrogens is 2. The molecule has 0 bridgehead atoms. The van der Waals surface area contributed by atoms with Crippen molar-refractivity contribution in [1.29, 1.82) is 0 Å². The van der Waals surface area contributed by atoms with Crippen molar-refractivity contribution in [2.75, 3.05) is 0 Å². The Morgan fingerprint density at radius 2 is 1.48 bits per heavy atom. The molecule has 1 aromatic heterocycles. The lowest BCUT2D eigenvalue weighted by Crippen LogP contribution is -2.10. The Kier molecular flexibility index (Phi) is 3.30. The molecule has 138 valence electrons. The van der Waals surface area contributed by atoms with Crippen LogP contribution in [0.3, 0.4) is 0 Å². The molecule has 5 aromatic rings. The molecule has 0 radical (unpaired) electrons. The lowest BCUT2D eigenvalue weighted by atomic mass is 9.82. The molecule has 1 heterocycles. The van der Waals surface area contributed by atoms with Crippen molar-refractivity contribution >= 4 is 27.5 Å². The van der Waals surface area contributed by atoms with E-state index in [4.69, 9.17) is 5.10 Å². The molecule has 0 N–H and O–H groups in total. The van der Waals surface area contributed by atoms with Gasteiger partial charge in [-0.2, -0.15) is 5.10 Å². The lowest BCUT2D eigenvalue weighted by molar-refractivity contribution is 0.104. The maximum Gasteiger partial charge on any atom is 0.194 e. The van der Waals surface area contributed by atoms with E-state index in [1.165, 1.54) is 0 Å². The van der Waals surface area contributed by atoms with Gasteiger partial charge < -0.3 is 0 Å². The van der Waals surface area contributed by atoms with E-state index < -0.39 is 0 Å². The van der Waals surface area contributed by atoms with Gasteiger partial charge in [0.25, 0.3) is 0 Å². The highest BCUT2D eigenvalue weighted by molar-refractivity contribution is 6.29. The first-order valence-corrected chi connectivity index (χ1v) is 9.93. The average Bonchev–Trinajstić information content (AvgIpc) is 3.16. The number of ketones is 1. The summed E-state index contributed by atoms with van der Waals surface area (Å²) in [5.41, 5.74) is 6.86. The summed E-state index contributed by atoms with van der Waals surface area (Å²) in [4.78, 5) is 13.2. The van der Waals surface area contributed by atoms with Crippen LogP contribution in [0.4, 0.5) is 0 Å².